The van der Waals surface area contributed by atoms with E-state index in [9.17, 15) is 4.39 Å². The lowest BCUT2D eigenvalue weighted by Gasteiger charge is -1.97. The van der Waals surface area contributed by atoms with Gasteiger partial charge in [0.15, 0.2) is 0 Å². The molecule has 0 saturated carbocycles. The zero-order valence-corrected chi connectivity index (χ0v) is 9.17. The van der Waals surface area contributed by atoms with E-state index in [1.165, 1.54) is 4.68 Å². The zero-order valence-electron chi connectivity index (χ0n) is 9.17. The van der Waals surface area contributed by atoms with Crippen molar-refractivity contribution in [2.75, 3.05) is 6.67 Å². The summed E-state index contributed by atoms with van der Waals surface area (Å²) in [6.07, 6.45) is 3.62. The molecule has 0 aromatic carbocycles. The Kier molecular flexibility index (Phi) is 3.46. The first-order chi connectivity index (χ1) is 8.35. The lowest BCUT2D eigenvalue weighted by atomic mass is 10.1. The molecule has 0 aliphatic carbocycles. The van der Waals surface area contributed by atoms with Gasteiger partial charge in [-0.05, 0) is 12.1 Å². The highest BCUT2D eigenvalue weighted by Gasteiger charge is 2.11. The van der Waals surface area contributed by atoms with Gasteiger partial charge < -0.3 is 0 Å². The fourth-order valence-corrected chi connectivity index (χ4v) is 1.60. The van der Waals surface area contributed by atoms with E-state index in [0.29, 0.717) is 11.4 Å². The van der Waals surface area contributed by atoms with Gasteiger partial charge in [-0.2, -0.15) is 10.4 Å². The molecule has 0 aliphatic rings. The quantitative estimate of drug-likeness (QED) is 0.807. The van der Waals surface area contributed by atoms with Crippen LogP contribution < -0.4 is 0 Å². The normalized spacial score (nSPS) is 10.1. The van der Waals surface area contributed by atoms with Gasteiger partial charge in [-0.1, -0.05) is 6.07 Å². The Morgan fingerprint density at radius 1 is 1.41 bits per heavy atom. The molecule has 0 atom stereocenters. The van der Waals surface area contributed by atoms with Crippen molar-refractivity contribution in [2.24, 2.45) is 0 Å². The van der Waals surface area contributed by atoms with Crippen LogP contribution in [0.3, 0.4) is 0 Å². The van der Waals surface area contributed by atoms with Crippen LogP contribution in [0.5, 0.6) is 0 Å². The molecule has 0 unspecified atom stereocenters. The van der Waals surface area contributed by atoms with Gasteiger partial charge in [-0.15, -0.1) is 0 Å². The maximum absolute atomic E-state index is 12.3. The fraction of sp³-hybridized carbons (Fsp3) is 0.250. The fourth-order valence-electron chi connectivity index (χ4n) is 1.60. The first-order valence-corrected chi connectivity index (χ1v) is 5.26. The van der Waals surface area contributed by atoms with E-state index in [1.54, 1.807) is 12.4 Å². The highest BCUT2D eigenvalue weighted by molar-refractivity contribution is 5.58. The first-order valence-electron chi connectivity index (χ1n) is 5.26. The molecule has 2 rings (SSSR count). The van der Waals surface area contributed by atoms with Crippen molar-refractivity contribution in [3.63, 3.8) is 0 Å². The Balaban J connectivity index is 2.41. The van der Waals surface area contributed by atoms with Crippen molar-refractivity contribution in [1.29, 1.82) is 5.26 Å². The molecule has 5 heteroatoms. The molecule has 0 aliphatic heterocycles. The van der Waals surface area contributed by atoms with Crippen LogP contribution in [0.25, 0.3) is 11.4 Å². The summed E-state index contributed by atoms with van der Waals surface area (Å²) >= 11 is 0. The Hall–Kier alpha value is -2.22. The molecule has 0 amide bonds. The number of rotatable bonds is 4. The minimum atomic E-state index is -0.477. The van der Waals surface area contributed by atoms with Crippen LogP contribution in [-0.4, -0.2) is 21.4 Å². The second-order valence-corrected chi connectivity index (χ2v) is 3.50. The second kappa shape index (κ2) is 5.21. The average Bonchev–Trinajstić information content (AvgIpc) is 2.74. The van der Waals surface area contributed by atoms with E-state index in [2.05, 4.69) is 16.2 Å². The van der Waals surface area contributed by atoms with Gasteiger partial charge in [0.1, 0.15) is 12.4 Å². The second-order valence-electron chi connectivity index (χ2n) is 3.50. The van der Waals surface area contributed by atoms with Crippen molar-refractivity contribution in [3.8, 4) is 17.5 Å². The molecule has 2 heterocycles. The number of halogens is 1. The predicted molar refractivity (Wildman–Crippen MR) is 60.8 cm³/mol. The van der Waals surface area contributed by atoms with E-state index in [-0.39, 0.29) is 13.0 Å². The van der Waals surface area contributed by atoms with Crippen LogP contribution in [-0.2, 0) is 13.0 Å². The SMILES string of the molecule is N#CCc1cn(CCF)nc1-c1ccccn1. The van der Waals surface area contributed by atoms with Crippen LogP contribution in [0.2, 0.25) is 0 Å². The Morgan fingerprint density at radius 2 is 2.29 bits per heavy atom. The molecule has 2 aromatic heterocycles. The summed E-state index contributed by atoms with van der Waals surface area (Å²) in [5.74, 6) is 0. The van der Waals surface area contributed by atoms with Gasteiger partial charge in [0, 0.05) is 18.0 Å². The number of hydrogen-bond donors (Lipinski definition) is 0. The van der Waals surface area contributed by atoms with Crippen molar-refractivity contribution in [3.05, 3.63) is 36.2 Å². The van der Waals surface area contributed by atoms with Crippen LogP contribution in [0.1, 0.15) is 5.56 Å². The Labute approximate surface area is 98.3 Å². The van der Waals surface area contributed by atoms with Crippen LogP contribution in [0, 0.1) is 11.3 Å². The van der Waals surface area contributed by atoms with Crippen LogP contribution >= 0.6 is 0 Å². The Bertz CT molecular complexity index is 527. The molecule has 17 heavy (non-hydrogen) atoms. The highest BCUT2D eigenvalue weighted by atomic mass is 19.1. The van der Waals surface area contributed by atoms with Crippen molar-refractivity contribution in [1.82, 2.24) is 14.8 Å². The van der Waals surface area contributed by atoms with Crippen molar-refractivity contribution in [2.45, 2.75) is 13.0 Å². The molecular weight excluding hydrogens is 219 g/mol. The molecule has 0 radical (unpaired) electrons. The van der Waals surface area contributed by atoms with Crippen molar-refractivity contribution >= 4 is 0 Å². The van der Waals surface area contributed by atoms with E-state index in [0.717, 1.165) is 5.56 Å². The molecule has 0 N–H and O–H groups in total. The maximum Gasteiger partial charge on any atom is 0.115 e. The molecule has 0 bridgehead atoms. The topological polar surface area (TPSA) is 54.5 Å². The molecule has 0 spiro atoms. The van der Waals surface area contributed by atoms with Gasteiger partial charge in [0.05, 0.1) is 24.7 Å². The molecule has 4 nitrogen and oxygen atoms in total. The van der Waals surface area contributed by atoms with E-state index >= 15 is 0 Å². The van der Waals surface area contributed by atoms with Crippen LogP contribution in [0.4, 0.5) is 4.39 Å². The lowest BCUT2D eigenvalue weighted by Crippen LogP contribution is -1.99. The summed E-state index contributed by atoms with van der Waals surface area (Å²) in [6, 6.07) is 7.56. The monoisotopic (exact) mass is 230 g/mol. The standard InChI is InChI=1S/C12H11FN4/c13-5-8-17-9-10(4-6-14)12(16-17)11-3-1-2-7-15-11/h1-3,7,9H,4-5,8H2. The minimum Gasteiger partial charge on any atom is -0.269 e. The summed E-state index contributed by atoms with van der Waals surface area (Å²) in [7, 11) is 0. The van der Waals surface area contributed by atoms with E-state index in [4.69, 9.17) is 5.26 Å². The smallest absolute Gasteiger partial charge is 0.115 e. The van der Waals surface area contributed by atoms with Crippen molar-refractivity contribution < 1.29 is 4.39 Å². The number of nitrogens with zero attached hydrogens (tertiary/aromatic N) is 4. The van der Waals surface area contributed by atoms with Gasteiger partial charge in [-0.25, -0.2) is 4.39 Å². The summed E-state index contributed by atoms with van der Waals surface area (Å²) in [6.45, 7) is -0.277. The number of aryl methyl sites for hydroxylation is 1. The van der Waals surface area contributed by atoms with Gasteiger partial charge in [-0.3, -0.25) is 9.67 Å². The summed E-state index contributed by atoms with van der Waals surface area (Å²) in [5, 5.41) is 13.0. The number of alkyl halides is 1. The third-order valence-corrected chi connectivity index (χ3v) is 2.33. The third-order valence-electron chi connectivity index (χ3n) is 2.33. The largest absolute Gasteiger partial charge is 0.269 e. The van der Waals surface area contributed by atoms with E-state index < -0.39 is 6.67 Å². The lowest BCUT2D eigenvalue weighted by molar-refractivity contribution is 0.427. The maximum atomic E-state index is 12.3. The summed E-state index contributed by atoms with van der Waals surface area (Å²) in [4.78, 5) is 4.19. The summed E-state index contributed by atoms with van der Waals surface area (Å²) < 4.78 is 13.8. The van der Waals surface area contributed by atoms with E-state index in [1.807, 2.05) is 18.2 Å². The number of aromatic nitrogens is 3. The molecule has 2 aromatic rings. The number of pyridine rings is 1. The zero-order chi connectivity index (χ0) is 12.1. The summed E-state index contributed by atoms with van der Waals surface area (Å²) in [5.41, 5.74) is 2.13. The minimum absolute atomic E-state index is 0.200. The first kappa shape index (κ1) is 11.3. The molecular formula is C12H11FN4. The van der Waals surface area contributed by atoms with Gasteiger partial charge in [0.25, 0.3) is 0 Å². The van der Waals surface area contributed by atoms with Crippen LogP contribution in [0.15, 0.2) is 30.6 Å². The predicted octanol–water partition coefficient (Wildman–Crippen LogP) is 1.98. The highest BCUT2D eigenvalue weighted by Crippen LogP contribution is 2.19. The number of nitriles is 1. The number of hydrogen-bond acceptors (Lipinski definition) is 3. The third kappa shape index (κ3) is 2.48. The average molecular weight is 230 g/mol. The van der Waals surface area contributed by atoms with Gasteiger partial charge >= 0.3 is 0 Å². The van der Waals surface area contributed by atoms with Gasteiger partial charge in [0.2, 0.25) is 0 Å². The molecule has 0 saturated heterocycles. The molecule has 86 valence electrons. The molecule has 0 fully saturated rings. The Morgan fingerprint density at radius 3 is 2.94 bits per heavy atom.